The highest BCUT2D eigenvalue weighted by molar-refractivity contribution is 5.64. The standard InChI is InChI=1S/C12H17NO/c1-6-7(2)10-4-9(14)5-11(10)12(13)8(6)3/h9,14H,4-5,13H2,1-3H3/t9-/m1/s1. The van der Waals surface area contributed by atoms with Gasteiger partial charge in [-0.05, 0) is 55.0 Å². The maximum absolute atomic E-state index is 9.63. The third-order valence-corrected chi connectivity index (χ3v) is 3.55. The molecule has 76 valence electrons. The highest BCUT2D eigenvalue weighted by Crippen LogP contribution is 2.35. The third kappa shape index (κ3) is 1.14. The second kappa shape index (κ2) is 2.99. The Morgan fingerprint density at radius 2 is 1.57 bits per heavy atom. The lowest BCUT2D eigenvalue weighted by molar-refractivity contribution is 0.187. The summed E-state index contributed by atoms with van der Waals surface area (Å²) in [5, 5.41) is 9.63. The van der Waals surface area contributed by atoms with Crippen LogP contribution in [0.5, 0.6) is 0 Å². The first-order valence-corrected chi connectivity index (χ1v) is 5.07. The van der Waals surface area contributed by atoms with Crippen LogP contribution in [0, 0.1) is 20.8 Å². The molecule has 1 aromatic rings. The quantitative estimate of drug-likeness (QED) is 0.612. The zero-order chi connectivity index (χ0) is 10.5. The summed E-state index contributed by atoms with van der Waals surface area (Å²) in [6, 6.07) is 0. The summed E-state index contributed by atoms with van der Waals surface area (Å²) in [4.78, 5) is 0. The van der Waals surface area contributed by atoms with Gasteiger partial charge in [0.1, 0.15) is 0 Å². The number of benzene rings is 1. The van der Waals surface area contributed by atoms with Gasteiger partial charge in [-0.25, -0.2) is 0 Å². The van der Waals surface area contributed by atoms with Gasteiger partial charge in [-0.2, -0.15) is 0 Å². The zero-order valence-corrected chi connectivity index (χ0v) is 9.02. The van der Waals surface area contributed by atoms with E-state index in [2.05, 4.69) is 20.8 Å². The summed E-state index contributed by atoms with van der Waals surface area (Å²) in [7, 11) is 0. The van der Waals surface area contributed by atoms with Crippen molar-refractivity contribution in [1.29, 1.82) is 0 Å². The van der Waals surface area contributed by atoms with E-state index in [1.54, 1.807) is 0 Å². The van der Waals surface area contributed by atoms with E-state index >= 15 is 0 Å². The topological polar surface area (TPSA) is 46.2 Å². The van der Waals surface area contributed by atoms with Crippen LogP contribution >= 0.6 is 0 Å². The van der Waals surface area contributed by atoms with Crippen LogP contribution in [0.15, 0.2) is 0 Å². The molecule has 1 aliphatic carbocycles. The molecule has 14 heavy (non-hydrogen) atoms. The molecule has 0 heterocycles. The van der Waals surface area contributed by atoms with Crippen molar-refractivity contribution in [1.82, 2.24) is 0 Å². The summed E-state index contributed by atoms with van der Waals surface area (Å²) in [5.41, 5.74) is 13.2. The van der Waals surface area contributed by atoms with Crippen molar-refractivity contribution in [2.45, 2.75) is 39.7 Å². The molecule has 1 aromatic carbocycles. The van der Waals surface area contributed by atoms with Gasteiger partial charge in [-0.1, -0.05) is 0 Å². The summed E-state index contributed by atoms with van der Waals surface area (Å²) < 4.78 is 0. The van der Waals surface area contributed by atoms with Crippen LogP contribution in [-0.4, -0.2) is 11.2 Å². The Morgan fingerprint density at radius 1 is 1.00 bits per heavy atom. The number of hydrogen-bond donors (Lipinski definition) is 2. The lowest BCUT2D eigenvalue weighted by atomic mass is 9.93. The van der Waals surface area contributed by atoms with Crippen LogP contribution in [0.4, 0.5) is 5.69 Å². The van der Waals surface area contributed by atoms with Gasteiger partial charge in [0.05, 0.1) is 6.10 Å². The predicted molar refractivity (Wildman–Crippen MR) is 58.5 cm³/mol. The van der Waals surface area contributed by atoms with Crippen molar-refractivity contribution in [2.75, 3.05) is 5.73 Å². The molecule has 0 spiro atoms. The molecule has 0 aromatic heterocycles. The molecule has 3 N–H and O–H groups in total. The molecule has 2 nitrogen and oxygen atoms in total. The maximum atomic E-state index is 9.63. The molecule has 1 atom stereocenters. The first kappa shape index (κ1) is 9.53. The fourth-order valence-corrected chi connectivity index (χ4v) is 2.38. The molecule has 0 radical (unpaired) electrons. The van der Waals surface area contributed by atoms with E-state index in [0.29, 0.717) is 0 Å². The Morgan fingerprint density at radius 3 is 2.21 bits per heavy atom. The first-order valence-electron chi connectivity index (χ1n) is 5.07. The number of aliphatic hydroxyl groups excluding tert-OH is 1. The molecule has 2 heteroatoms. The number of fused-ring (bicyclic) bond motifs is 1. The molecular weight excluding hydrogens is 174 g/mol. The molecule has 0 amide bonds. The smallest absolute Gasteiger partial charge is 0.0621 e. The number of hydrogen-bond acceptors (Lipinski definition) is 2. The Balaban J connectivity index is 2.70. The van der Waals surface area contributed by atoms with Gasteiger partial charge in [0.15, 0.2) is 0 Å². The molecule has 0 saturated carbocycles. The normalized spacial score (nSPS) is 19.9. The molecule has 0 aliphatic heterocycles. The van der Waals surface area contributed by atoms with E-state index in [0.717, 1.165) is 18.5 Å². The highest BCUT2D eigenvalue weighted by Gasteiger charge is 2.25. The van der Waals surface area contributed by atoms with E-state index in [9.17, 15) is 5.11 Å². The van der Waals surface area contributed by atoms with E-state index in [-0.39, 0.29) is 6.10 Å². The average molecular weight is 191 g/mol. The largest absolute Gasteiger partial charge is 0.398 e. The van der Waals surface area contributed by atoms with Crippen LogP contribution in [0.25, 0.3) is 0 Å². The molecular formula is C12H17NO. The van der Waals surface area contributed by atoms with E-state index in [1.807, 2.05) is 0 Å². The van der Waals surface area contributed by atoms with Gasteiger partial charge in [0.25, 0.3) is 0 Å². The number of aliphatic hydroxyl groups is 1. The Hall–Kier alpha value is -1.02. The van der Waals surface area contributed by atoms with E-state index < -0.39 is 0 Å². The number of anilines is 1. The summed E-state index contributed by atoms with van der Waals surface area (Å²) >= 11 is 0. The average Bonchev–Trinajstić information content (AvgIpc) is 2.54. The SMILES string of the molecule is Cc1c(C)c(N)c2c(c1C)C[C@@H](O)C2. The van der Waals surface area contributed by atoms with Crippen molar-refractivity contribution >= 4 is 5.69 Å². The van der Waals surface area contributed by atoms with E-state index in [1.165, 1.54) is 27.8 Å². The van der Waals surface area contributed by atoms with Gasteiger partial charge in [-0.3, -0.25) is 0 Å². The van der Waals surface area contributed by atoms with Gasteiger partial charge in [0.2, 0.25) is 0 Å². The summed E-state index contributed by atoms with van der Waals surface area (Å²) in [6.45, 7) is 6.29. The van der Waals surface area contributed by atoms with Gasteiger partial charge < -0.3 is 10.8 Å². The van der Waals surface area contributed by atoms with Crippen molar-refractivity contribution in [2.24, 2.45) is 0 Å². The maximum Gasteiger partial charge on any atom is 0.0621 e. The van der Waals surface area contributed by atoms with Crippen LogP contribution in [-0.2, 0) is 12.8 Å². The predicted octanol–water partition coefficient (Wildman–Crippen LogP) is 1.65. The van der Waals surface area contributed by atoms with Crippen LogP contribution in [0.2, 0.25) is 0 Å². The fraction of sp³-hybridized carbons (Fsp3) is 0.500. The minimum absolute atomic E-state index is 0.229. The van der Waals surface area contributed by atoms with Crippen molar-refractivity contribution in [3.05, 3.63) is 27.8 Å². The molecule has 0 fully saturated rings. The van der Waals surface area contributed by atoms with Crippen molar-refractivity contribution in [3.63, 3.8) is 0 Å². The van der Waals surface area contributed by atoms with Gasteiger partial charge in [-0.15, -0.1) is 0 Å². The minimum atomic E-state index is -0.229. The second-order valence-corrected chi connectivity index (χ2v) is 4.31. The molecule has 2 rings (SSSR count). The Kier molecular flexibility index (Phi) is 2.04. The van der Waals surface area contributed by atoms with Crippen LogP contribution in [0.3, 0.4) is 0 Å². The number of nitrogen functional groups attached to an aromatic ring is 1. The Labute approximate surface area is 84.7 Å². The van der Waals surface area contributed by atoms with Crippen LogP contribution in [0.1, 0.15) is 27.8 Å². The highest BCUT2D eigenvalue weighted by atomic mass is 16.3. The molecule has 0 unspecified atom stereocenters. The second-order valence-electron chi connectivity index (χ2n) is 4.31. The van der Waals surface area contributed by atoms with Gasteiger partial charge in [0, 0.05) is 12.1 Å². The van der Waals surface area contributed by atoms with Crippen LogP contribution < -0.4 is 5.73 Å². The van der Waals surface area contributed by atoms with Gasteiger partial charge >= 0.3 is 0 Å². The fourth-order valence-electron chi connectivity index (χ4n) is 2.38. The number of nitrogens with two attached hydrogens (primary N) is 1. The number of rotatable bonds is 0. The van der Waals surface area contributed by atoms with E-state index in [4.69, 9.17) is 5.73 Å². The first-order chi connectivity index (χ1) is 6.52. The minimum Gasteiger partial charge on any atom is -0.398 e. The lowest BCUT2D eigenvalue weighted by Gasteiger charge is -2.14. The Bertz CT molecular complexity index is 359. The molecule has 1 aliphatic rings. The van der Waals surface area contributed by atoms with Crippen molar-refractivity contribution < 1.29 is 5.11 Å². The summed E-state index contributed by atoms with van der Waals surface area (Å²) in [6.07, 6.45) is 1.27. The summed E-state index contributed by atoms with van der Waals surface area (Å²) in [5.74, 6) is 0. The lowest BCUT2D eigenvalue weighted by Crippen LogP contribution is -2.04. The molecule has 0 saturated heterocycles. The monoisotopic (exact) mass is 191 g/mol. The third-order valence-electron chi connectivity index (χ3n) is 3.55. The molecule has 0 bridgehead atoms. The zero-order valence-electron chi connectivity index (χ0n) is 9.02. The van der Waals surface area contributed by atoms with Crippen molar-refractivity contribution in [3.8, 4) is 0 Å².